The van der Waals surface area contributed by atoms with Crippen LogP contribution in [0.3, 0.4) is 0 Å². The van der Waals surface area contributed by atoms with E-state index < -0.39 is 9.85 Å². The molecule has 188 valence electrons. The van der Waals surface area contributed by atoms with Crippen LogP contribution in [0.4, 0.5) is 11.4 Å². The first-order valence-corrected chi connectivity index (χ1v) is 12.6. The largest absolute Gasteiger partial charge is 1.00 e. The monoisotopic (exact) mass is 698 g/mol. The van der Waals surface area contributed by atoms with Gasteiger partial charge < -0.3 is 5.48 Å². The average Bonchev–Trinajstić information content (AvgIpc) is 2.83. The van der Waals surface area contributed by atoms with Crippen molar-refractivity contribution in [2.75, 3.05) is 5.75 Å². The van der Waals surface area contributed by atoms with E-state index in [9.17, 15) is 20.2 Å². The van der Waals surface area contributed by atoms with Crippen molar-refractivity contribution in [1.29, 1.82) is 10.5 Å². The van der Waals surface area contributed by atoms with Crippen molar-refractivity contribution in [1.82, 2.24) is 0 Å². The maximum atomic E-state index is 10.5. The summed E-state index contributed by atoms with van der Waals surface area (Å²) in [7, 11) is 0. The van der Waals surface area contributed by atoms with Gasteiger partial charge in [0.15, 0.2) is 0 Å². The van der Waals surface area contributed by atoms with Crippen molar-refractivity contribution >= 4 is 78.2 Å². The first kappa shape index (κ1) is 37.4. The number of thioether (sulfide) groups is 1. The Balaban J connectivity index is 0. The van der Waals surface area contributed by atoms with Gasteiger partial charge in [0.1, 0.15) is 10.0 Å². The maximum Gasteiger partial charge on any atom is 1.00 e. The second kappa shape index (κ2) is 20.3. The molecule has 0 saturated carbocycles. The number of nitrogens with zero attached hydrogens (tertiary/aromatic N) is 4. The van der Waals surface area contributed by atoms with Gasteiger partial charge in [0.2, 0.25) is 0 Å². The van der Waals surface area contributed by atoms with E-state index in [1.807, 2.05) is 36.4 Å². The minimum Gasteiger partial charge on any atom is -0.870 e. The van der Waals surface area contributed by atoms with Gasteiger partial charge in [0, 0.05) is 26.0 Å². The molecular weight excluding hydrogens is 686 g/mol. The van der Waals surface area contributed by atoms with E-state index in [2.05, 4.69) is 37.9 Å². The second-order valence-corrected chi connectivity index (χ2v) is 9.51. The van der Waals surface area contributed by atoms with Crippen LogP contribution < -0.4 is 29.6 Å². The molecule has 3 aromatic rings. The van der Waals surface area contributed by atoms with Crippen molar-refractivity contribution in [2.45, 2.75) is 11.3 Å². The van der Waals surface area contributed by atoms with Gasteiger partial charge in [-0.2, -0.15) is 10.5 Å². The fraction of sp³-hybridized carbons (Fsp3) is 0.0909. The predicted octanol–water partition coefficient (Wildman–Crippen LogP) is 5.22. The molecule has 0 unspecified atom stereocenters. The molecule has 0 radical (unpaired) electrons. The molecule has 0 fully saturated rings. The molecule has 0 atom stereocenters. The van der Waals surface area contributed by atoms with Gasteiger partial charge in [-0.05, 0) is 61.7 Å². The minimum atomic E-state index is -0.566. The van der Waals surface area contributed by atoms with Crippen LogP contribution in [0.5, 0.6) is 0 Å². The van der Waals surface area contributed by atoms with Gasteiger partial charge in [0.05, 0.1) is 34.2 Å². The quantitative estimate of drug-likeness (QED) is 0.151. The molecule has 3 rings (SSSR count). The first-order valence-electron chi connectivity index (χ1n) is 9.25. The number of rotatable bonds is 5. The molecule has 0 aromatic heterocycles. The summed E-state index contributed by atoms with van der Waals surface area (Å²) < 4.78 is 0.947. The number of nitriles is 2. The van der Waals surface area contributed by atoms with Crippen LogP contribution in [0.15, 0.2) is 74.5 Å². The number of hydrogen-bond acceptors (Lipinski definition) is 8. The summed E-state index contributed by atoms with van der Waals surface area (Å²) >= 11 is 19.1. The summed E-state index contributed by atoms with van der Waals surface area (Å²) in [6, 6.07) is 21.3. The SMILES string of the molecule is N#CCSc1ccccc1.N#CCc1ccc([N+](=O)[O-])c(Cl)c1Br.O=[N+]([O-])c1cccc(Br)c1Cl.[Na+].[OH-]. The van der Waals surface area contributed by atoms with Gasteiger partial charge in [-0.3, -0.25) is 20.2 Å². The number of benzene rings is 3. The van der Waals surface area contributed by atoms with Crippen LogP contribution >= 0.6 is 66.8 Å². The standard InChI is InChI=1S/C8H4BrClN2O2.C8H7NS.C6H3BrClNO2.Na.H2O/c9-7-5(3-4-11)1-2-6(8(7)10)12(13)14;9-6-7-10-8-4-2-1-3-5-8;7-4-2-1-3-5(6(4)8)9(10)11;;/h1-2H,3H2;1-5H,7H2;1-3H;;1H2/q;;;+1;/p-1. The zero-order valence-corrected chi connectivity index (χ0v) is 26.5. The second-order valence-electron chi connectivity index (χ2n) is 6.05. The van der Waals surface area contributed by atoms with Crippen LogP contribution in [0.2, 0.25) is 10.0 Å². The van der Waals surface area contributed by atoms with Crippen molar-refractivity contribution in [3.05, 3.63) is 105 Å². The van der Waals surface area contributed by atoms with E-state index in [1.165, 1.54) is 18.2 Å². The Morgan fingerprint density at radius 2 is 1.41 bits per heavy atom. The van der Waals surface area contributed by atoms with Crippen molar-refractivity contribution < 1.29 is 44.9 Å². The van der Waals surface area contributed by atoms with E-state index in [4.69, 9.17) is 33.7 Å². The molecule has 0 bridgehead atoms. The van der Waals surface area contributed by atoms with E-state index in [-0.39, 0.29) is 62.9 Å². The number of hydrogen-bond donors (Lipinski definition) is 0. The molecule has 0 heterocycles. The predicted molar refractivity (Wildman–Crippen MR) is 146 cm³/mol. The Morgan fingerprint density at radius 1 is 0.838 bits per heavy atom. The third-order valence-electron chi connectivity index (χ3n) is 3.78. The van der Waals surface area contributed by atoms with E-state index in [0.29, 0.717) is 20.3 Å². The van der Waals surface area contributed by atoms with Gasteiger partial charge in [-0.1, -0.05) is 47.5 Å². The average molecular weight is 701 g/mol. The summed E-state index contributed by atoms with van der Waals surface area (Å²) in [6.45, 7) is 0. The van der Waals surface area contributed by atoms with Gasteiger partial charge in [-0.15, -0.1) is 11.8 Å². The maximum absolute atomic E-state index is 10.5. The van der Waals surface area contributed by atoms with Gasteiger partial charge in [-0.25, -0.2) is 0 Å². The number of nitro groups is 2. The van der Waals surface area contributed by atoms with Crippen LogP contribution in [0.1, 0.15) is 5.56 Å². The smallest absolute Gasteiger partial charge is 0.870 e. The minimum absolute atomic E-state index is 0. The number of halogens is 4. The molecular formula is C22H15Br2Cl2N4NaO5S. The van der Waals surface area contributed by atoms with Crippen molar-refractivity contribution in [2.24, 2.45) is 0 Å². The third kappa shape index (κ3) is 13.1. The topological polar surface area (TPSA) is 164 Å². The Labute approximate surface area is 265 Å². The van der Waals surface area contributed by atoms with Crippen molar-refractivity contribution in [3.8, 4) is 12.1 Å². The van der Waals surface area contributed by atoms with Gasteiger partial charge in [0.25, 0.3) is 11.4 Å². The molecule has 0 aliphatic heterocycles. The van der Waals surface area contributed by atoms with Crippen LogP contribution in [-0.4, -0.2) is 21.1 Å². The van der Waals surface area contributed by atoms with E-state index in [1.54, 1.807) is 23.9 Å². The molecule has 9 nitrogen and oxygen atoms in total. The Morgan fingerprint density at radius 3 is 1.89 bits per heavy atom. The summed E-state index contributed by atoms with van der Waals surface area (Å²) in [6.07, 6.45) is 0.165. The fourth-order valence-electron chi connectivity index (χ4n) is 2.21. The summed E-state index contributed by atoms with van der Waals surface area (Å²) in [5.74, 6) is 0.532. The fourth-order valence-corrected chi connectivity index (χ4v) is 4.07. The summed E-state index contributed by atoms with van der Waals surface area (Å²) in [4.78, 5) is 20.8. The normalized spacial score (nSPS) is 8.81. The molecule has 37 heavy (non-hydrogen) atoms. The molecule has 0 spiro atoms. The summed E-state index contributed by atoms with van der Waals surface area (Å²) in [5, 5.41) is 37.6. The van der Waals surface area contributed by atoms with Crippen LogP contribution in [0, 0.1) is 42.9 Å². The Bertz CT molecular complexity index is 1280. The van der Waals surface area contributed by atoms with Crippen LogP contribution in [0.25, 0.3) is 0 Å². The first-order chi connectivity index (χ1) is 16.6. The molecule has 1 N–H and O–H groups in total. The molecule has 0 aliphatic rings. The zero-order valence-electron chi connectivity index (χ0n) is 19.0. The molecule has 0 saturated heterocycles. The Kier molecular flexibility index (Phi) is 20.5. The van der Waals surface area contributed by atoms with Crippen molar-refractivity contribution in [3.63, 3.8) is 0 Å². The third-order valence-corrected chi connectivity index (χ3v) is 7.46. The molecule has 0 amide bonds. The number of nitro benzene ring substituents is 2. The summed E-state index contributed by atoms with van der Waals surface area (Å²) in [5.41, 5.74) is 0.393. The Hall–Kier alpha value is -1.71. The van der Waals surface area contributed by atoms with Crippen LogP contribution in [-0.2, 0) is 6.42 Å². The molecule has 3 aromatic carbocycles. The molecule has 0 aliphatic carbocycles. The zero-order chi connectivity index (χ0) is 26.4. The van der Waals surface area contributed by atoms with E-state index in [0.717, 1.165) is 4.90 Å². The molecule has 15 heteroatoms. The van der Waals surface area contributed by atoms with Gasteiger partial charge >= 0.3 is 29.6 Å². The van der Waals surface area contributed by atoms with E-state index >= 15 is 0 Å².